The molecule has 2 aromatic rings. The van der Waals surface area contributed by atoms with E-state index < -0.39 is 0 Å². The van der Waals surface area contributed by atoms with E-state index in [9.17, 15) is 0 Å². The van der Waals surface area contributed by atoms with Crippen LogP contribution in [0.4, 0.5) is 0 Å². The lowest BCUT2D eigenvalue weighted by Gasteiger charge is -2.32. The van der Waals surface area contributed by atoms with E-state index in [1.165, 1.54) is 35.6 Å². The average molecular weight is 339 g/mol. The van der Waals surface area contributed by atoms with Crippen LogP contribution in [0, 0.1) is 5.92 Å². The Balaban J connectivity index is 1.63. The predicted molar refractivity (Wildman–Crippen MR) is 86.0 cm³/mol. The Hall–Kier alpha value is -0.450. The van der Waals surface area contributed by atoms with Crippen LogP contribution in [0.15, 0.2) is 24.3 Å². The van der Waals surface area contributed by atoms with Gasteiger partial charge >= 0.3 is 0 Å². The first kappa shape index (κ1) is 13.5. The molecule has 3 rings (SSSR count). The Morgan fingerprint density at radius 2 is 2.11 bits per heavy atom. The van der Waals surface area contributed by atoms with E-state index in [4.69, 9.17) is 4.98 Å². The summed E-state index contributed by atoms with van der Waals surface area (Å²) in [5.41, 5.74) is 1.14. The first-order chi connectivity index (χ1) is 9.22. The van der Waals surface area contributed by atoms with Crippen LogP contribution in [-0.2, 0) is 6.54 Å². The van der Waals surface area contributed by atoms with Gasteiger partial charge in [0.2, 0.25) is 0 Å². The predicted octanol–water partition coefficient (Wildman–Crippen LogP) is 4.29. The Labute approximate surface area is 127 Å². The van der Waals surface area contributed by atoms with Crippen LogP contribution >= 0.6 is 27.3 Å². The van der Waals surface area contributed by atoms with Crippen LogP contribution in [0.2, 0.25) is 0 Å². The molecule has 2 heterocycles. The Morgan fingerprint density at radius 3 is 2.79 bits per heavy atom. The summed E-state index contributed by atoms with van der Waals surface area (Å²) in [5, 5.41) is 1.26. The Bertz CT molecular complexity index is 511. The maximum absolute atomic E-state index is 4.73. The molecule has 19 heavy (non-hydrogen) atoms. The van der Waals surface area contributed by atoms with E-state index in [1.807, 2.05) is 11.3 Å². The fourth-order valence-corrected chi connectivity index (χ4v) is 4.29. The summed E-state index contributed by atoms with van der Waals surface area (Å²) in [6.07, 6.45) is 2.61. The number of likely N-dealkylation sites (tertiary alicyclic amines) is 1. The fourth-order valence-electron chi connectivity index (χ4n) is 2.75. The molecule has 4 heteroatoms. The molecule has 1 unspecified atom stereocenters. The van der Waals surface area contributed by atoms with Gasteiger partial charge in [-0.25, -0.2) is 4.98 Å². The molecule has 1 aromatic heterocycles. The van der Waals surface area contributed by atoms with Crippen molar-refractivity contribution in [1.29, 1.82) is 0 Å². The smallest absolute Gasteiger partial charge is 0.108 e. The third-order valence-electron chi connectivity index (χ3n) is 3.98. The van der Waals surface area contributed by atoms with Crippen molar-refractivity contribution >= 4 is 37.5 Å². The van der Waals surface area contributed by atoms with Gasteiger partial charge in [-0.15, -0.1) is 11.3 Å². The summed E-state index contributed by atoms with van der Waals surface area (Å²) < 4.78 is 1.31. The van der Waals surface area contributed by atoms with Gasteiger partial charge in [-0.05, 0) is 44.0 Å². The molecule has 0 saturated carbocycles. The molecule has 0 amide bonds. The van der Waals surface area contributed by atoms with Crippen molar-refractivity contribution in [3.63, 3.8) is 0 Å². The van der Waals surface area contributed by atoms with Gasteiger partial charge in [0, 0.05) is 4.83 Å². The van der Waals surface area contributed by atoms with Crippen LogP contribution in [0.25, 0.3) is 10.2 Å². The topological polar surface area (TPSA) is 16.1 Å². The second-order valence-electron chi connectivity index (χ2n) is 5.37. The van der Waals surface area contributed by atoms with Crippen LogP contribution < -0.4 is 0 Å². The summed E-state index contributed by atoms with van der Waals surface area (Å²) in [7, 11) is 0. The highest BCUT2D eigenvalue weighted by atomic mass is 79.9. The zero-order valence-corrected chi connectivity index (χ0v) is 13.6. The summed E-state index contributed by atoms with van der Waals surface area (Å²) in [5.74, 6) is 0.839. The molecular weight excluding hydrogens is 320 g/mol. The van der Waals surface area contributed by atoms with Crippen molar-refractivity contribution in [2.45, 2.75) is 31.1 Å². The number of thiazole rings is 1. The molecule has 0 spiro atoms. The first-order valence-electron chi connectivity index (χ1n) is 6.93. The minimum atomic E-state index is 0.650. The number of aromatic nitrogens is 1. The number of hydrogen-bond acceptors (Lipinski definition) is 3. The molecule has 1 aromatic carbocycles. The molecule has 1 atom stereocenters. The number of alkyl halides is 1. The summed E-state index contributed by atoms with van der Waals surface area (Å²) in [6, 6.07) is 8.42. The van der Waals surface area contributed by atoms with E-state index in [0.717, 1.165) is 18.0 Å². The van der Waals surface area contributed by atoms with E-state index >= 15 is 0 Å². The molecule has 0 aliphatic carbocycles. The van der Waals surface area contributed by atoms with E-state index in [0.29, 0.717) is 4.83 Å². The quantitative estimate of drug-likeness (QED) is 0.776. The van der Waals surface area contributed by atoms with Crippen LogP contribution in [0.1, 0.15) is 24.8 Å². The summed E-state index contributed by atoms with van der Waals surface area (Å²) >= 11 is 5.55. The molecule has 1 aliphatic rings. The van der Waals surface area contributed by atoms with Crippen molar-refractivity contribution in [1.82, 2.24) is 9.88 Å². The zero-order valence-electron chi connectivity index (χ0n) is 11.2. The maximum atomic E-state index is 4.73. The number of nitrogens with zero attached hydrogens (tertiary/aromatic N) is 2. The van der Waals surface area contributed by atoms with Crippen LogP contribution in [-0.4, -0.2) is 27.8 Å². The first-order valence-corrected chi connectivity index (χ1v) is 8.66. The van der Waals surface area contributed by atoms with Crippen molar-refractivity contribution in [2.24, 2.45) is 5.92 Å². The number of halogens is 1. The molecule has 2 nitrogen and oxygen atoms in total. The van der Waals surface area contributed by atoms with Gasteiger partial charge in [-0.3, -0.25) is 4.90 Å². The number of fused-ring (bicyclic) bond motifs is 1. The number of benzene rings is 1. The number of hydrogen-bond donors (Lipinski definition) is 0. The van der Waals surface area contributed by atoms with Gasteiger partial charge in [0.25, 0.3) is 0 Å². The normalized spacial score (nSPS) is 19.9. The van der Waals surface area contributed by atoms with Gasteiger partial charge in [0.1, 0.15) is 5.01 Å². The number of rotatable bonds is 3. The van der Waals surface area contributed by atoms with Crippen molar-refractivity contribution < 1.29 is 0 Å². The van der Waals surface area contributed by atoms with E-state index in [1.54, 1.807) is 0 Å². The highest BCUT2D eigenvalue weighted by Crippen LogP contribution is 2.27. The Kier molecular flexibility index (Phi) is 4.20. The van der Waals surface area contributed by atoms with Gasteiger partial charge < -0.3 is 0 Å². The molecular formula is C15H19BrN2S. The minimum absolute atomic E-state index is 0.650. The van der Waals surface area contributed by atoms with Crippen LogP contribution in [0.5, 0.6) is 0 Å². The van der Waals surface area contributed by atoms with Gasteiger partial charge in [0.05, 0.1) is 16.8 Å². The fraction of sp³-hybridized carbons (Fsp3) is 0.533. The highest BCUT2D eigenvalue weighted by Gasteiger charge is 2.22. The van der Waals surface area contributed by atoms with Crippen molar-refractivity contribution in [3.05, 3.63) is 29.3 Å². The van der Waals surface area contributed by atoms with Crippen molar-refractivity contribution in [2.75, 3.05) is 13.1 Å². The minimum Gasteiger partial charge on any atom is -0.297 e. The molecule has 0 bridgehead atoms. The number of para-hydroxylation sites is 1. The molecule has 102 valence electrons. The maximum Gasteiger partial charge on any atom is 0.108 e. The second kappa shape index (κ2) is 5.90. The molecule has 0 radical (unpaired) electrons. The average Bonchev–Trinajstić information content (AvgIpc) is 2.81. The third-order valence-corrected chi connectivity index (χ3v) is 5.75. The summed E-state index contributed by atoms with van der Waals surface area (Å²) in [6.45, 7) is 5.70. The van der Waals surface area contributed by atoms with Gasteiger partial charge in [-0.1, -0.05) is 35.0 Å². The summed E-state index contributed by atoms with van der Waals surface area (Å²) in [4.78, 5) is 7.92. The lowest BCUT2D eigenvalue weighted by atomic mass is 9.94. The van der Waals surface area contributed by atoms with Gasteiger partial charge in [-0.2, -0.15) is 0 Å². The molecule has 0 N–H and O–H groups in total. The Morgan fingerprint density at radius 1 is 1.37 bits per heavy atom. The van der Waals surface area contributed by atoms with E-state index in [2.05, 4.69) is 52.0 Å². The number of piperidine rings is 1. The molecule has 1 saturated heterocycles. The molecule has 1 fully saturated rings. The highest BCUT2D eigenvalue weighted by molar-refractivity contribution is 9.09. The monoisotopic (exact) mass is 338 g/mol. The largest absolute Gasteiger partial charge is 0.297 e. The lowest BCUT2D eigenvalue weighted by Crippen LogP contribution is -2.35. The SMILES string of the molecule is CC(Br)C1CCN(Cc2nc3ccccc3s2)CC1. The van der Waals surface area contributed by atoms with Gasteiger partial charge in [0.15, 0.2) is 0 Å². The molecule has 1 aliphatic heterocycles. The second-order valence-corrected chi connectivity index (χ2v) is 7.93. The standard InChI is InChI=1S/C15H19BrN2S/c1-11(16)12-6-8-18(9-7-12)10-15-17-13-4-2-3-5-14(13)19-15/h2-5,11-12H,6-10H2,1H3. The third kappa shape index (κ3) is 3.18. The zero-order chi connectivity index (χ0) is 13.2. The lowest BCUT2D eigenvalue weighted by molar-refractivity contribution is 0.178. The van der Waals surface area contributed by atoms with Crippen LogP contribution in [0.3, 0.4) is 0 Å². The van der Waals surface area contributed by atoms with Crippen molar-refractivity contribution in [3.8, 4) is 0 Å². The van der Waals surface area contributed by atoms with E-state index in [-0.39, 0.29) is 0 Å².